The summed E-state index contributed by atoms with van der Waals surface area (Å²) in [6.07, 6.45) is 1.23. The van der Waals surface area contributed by atoms with Crippen molar-refractivity contribution in [2.24, 2.45) is 0 Å². The van der Waals surface area contributed by atoms with Crippen LogP contribution in [0.25, 0.3) is 0 Å². The molecule has 0 fully saturated rings. The third kappa shape index (κ3) is 7.71. The van der Waals surface area contributed by atoms with Crippen molar-refractivity contribution in [1.82, 2.24) is 10.2 Å². The molecule has 0 radical (unpaired) electrons. The first-order chi connectivity index (χ1) is 17.5. The Morgan fingerprint density at radius 2 is 1.59 bits per heavy atom. The zero-order valence-electron chi connectivity index (χ0n) is 20.8. The number of nitrogens with one attached hydrogen (secondary N) is 1. The quantitative estimate of drug-likeness (QED) is 0.396. The Balaban J connectivity index is 2.04. The van der Waals surface area contributed by atoms with Gasteiger partial charge in [0, 0.05) is 25.0 Å². The lowest BCUT2D eigenvalue weighted by Crippen LogP contribution is -2.52. The van der Waals surface area contributed by atoms with E-state index in [9.17, 15) is 18.0 Å². The van der Waals surface area contributed by atoms with Crippen LogP contribution in [-0.2, 0) is 32.6 Å². The largest absolute Gasteiger partial charge is 0.357 e. The lowest BCUT2D eigenvalue weighted by molar-refractivity contribution is -0.139. The van der Waals surface area contributed by atoms with E-state index >= 15 is 0 Å². The number of hydrogen-bond donors (Lipinski definition) is 1. The fraction of sp³-hybridized carbons (Fsp3) is 0.259. The Labute approximate surface area is 228 Å². The van der Waals surface area contributed by atoms with Gasteiger partial charge in [0.25, 0.3) is 0 Å². The van der Waals surface area contributed by atoms with Crippen LogP contribution in [0.1, 0.15) is 16.7 Å². The van der Waals surface area contributed by atoms with Gasteiger partial charge in [-0.25, -0.2) is 8.42 Å². The highest BCUT2D eigenvalue weighted by atomic mass is 35.5. The van der Waals surface area contributed by atoms with Crippen LogP contribution in [-0.4, -0.2) is 51.0 Å². The van der Waals surface area contributed by atoms with E-state index in [1.54, 1.807) is 0 Å². The van der Waals surface area contributed by atoms with E-state index in [1.165, 1.54) is 30.1 Å². The fourth-order valence-electron chi connectivity index (χ4n) is 3.88. The fourth-order valence-corrected chi connectivity index (χ4v) is 5.17. The molecule has 2 amide bonds. The van der Waals surface area contributed by atoms with Crippen LogP contribution in [0, 0.1) is 6.92 Å². The lowest BCUT2D eigenvalue weighted by Gasteiger charge is -2.33. The molecule has 37 heavy (non-hydrogen) atoms. The van der Waals surface area contributed by atoms with Crippen molar-refractivity contribution >= 4 is 50.7 Å². The topological polar surface area (TPSA) is 86.8 Å². The van der Waals surface area contributed by atoms with E-state index < -0.39 is 28.5 Å². The number of halogens is 2. The van der Waals surface area contributed by atoms with Gasteiger partial charge in [0.05, 0.1) is 17.0 Å². The van der Waals surface area contributed by atoms with Gasteiger partial charge in [-0.1, -0.05) is 83.4 Å². The van der Waals surface area contributed by atoms with Crippen LogP contribution >= 0.6 is 23.2 Å². The predicted molar refractivity (Wildman–Crippen MR) is 148 cm³/mol. The summed E-state index contributed by atoms with van der Waals surface area (Å²) in [6.45, 7) is 1.49. The summed E-state index contributed by atoms with van der Waals surface area (Å²) >= 11 is 12.4. The van der Waals surface area contributed by atoms with Gasteiger partial charge in [-0.05, 0) is 36.2 Å². The zero-order chi connectivity index (χ0) is 27.2. The average molecular weight is 563 g/mol. The smallest absolute Gasteiger partial charge is 0.244 e. The molecule has 0 aromatic heterocycles. The number of nitrogens with zero attached hydrogens (tertiary/aromatic N) is 2. The van der Waals surface area contributed by atoms with E-state index in [-0.39, 0.29) is 34.6 Å². The molecule has 10 heteroatoms. The van der Waals surface area contributed by atoms with Crippen molar-refractivity contribution in [3.05, 3.63) is 99.5 Å². The molecule has 0 heterocycles. The minimum absolute atomic E-state index is 0.0832. The highest BCUT2D eigenvalue weighted by Crippen LogP contribution is 2.31. The summed E-state index contributed by atoms with van der Waals surface area (Å²) in [4.78, 5) is 28.3. The molecule has 3 aromatic carbocycles. The molecule has 7 nitrogen and oxygen atoms in total. The summed E-state index contributed by atoms with van der Waals surface area (Å²) in [6, 6.07) is 20.4. The molecule has 3 aromatic rings. The Bertz CT molecular complexity index is 1350. The van der Waals surface area contributed by atoms with E-state index in [0.29, 0.717) is 0 Å². The summed E-state index contributed by atoms with van der Waals surface area (Å²) in [5.41, 5.74) is 2.79. The van der Waals surface area contributed by atoms with Gasteiger partial charge in [0.1, 0.15) is 12.6 Å². The first-order valence-electron chi connectivity index (χ1n) is 11.5. The normalized spacial score (nSPS) is 12.0. The van der Waals surface area contributed by atoms with E-state index in [4.69, 9.17) is 23.2 Å². The molecule has 0 saturated carbocycles. The summed E-state index contributed by atoms with van der Waals surface area (Å²) in [5.74, 6) is -0.928. The molecular weight excluding hydrogens is 533 g/mol. The van der Waals surface area contributed by atoms with E-state index in [1.807, 2.05) is 61.5 Å². The van der Waals surface area contributed by atoms with Crippen LogP contribution in [0.15, 0.2) is 72.8 Å². The summed E-state index contributed by atoms with van der Waals surface area (Å²) in [7, 11) is -2.43. The van der Waals surface area contributed by atoms with Crippen LogP contribution < -0.4 is 9.62 Å². The van der Waals surface area contributed by atoms with Crippen molar-refractivity contribution in [3.8, 4) is 0 Å². The third-order valence-electron chi connectivity index (χ3n) is 5.85. The Hall–Kier alpha value is -3.07. The Morgan fingerprint density at radius 1 is 0.946 bits per heavy atom. The molecule has 0 unspecified atom stereocenters. The second kappa shape index (κ2) is 12.4. The van der Waals surface area contributed by atoms with Crippen LogP contribution in [0.2, 0.25) is 10.0 Å². The monoisotopic (exact) mass is 561 g/mol. The molecule has 0 aliphatic heterocycles. The second-order valence-electron chi connectivity index (χ2n) is 8.69. The van der Waals surface area contributed by atoms with Crippen LogP contribution in [0.5, 0.6) is 0 Å². The number of amides is 2. The number of hydrogen-bond acceptors (Lipinski definition) is 4. The number of carbonyl (C=O) groups is 2. The first kappa shape index (κ1) is 28.5. The lowest BCUT2D eigenvalue weighted by atomic mass is 10.0. The summed E-state index contributed by atoms with van der Waals surface area (Å²) < 4.78 is 26.5. The van der Waals surface area contributed by atoms with Crippen molar-refractivity contribution in [2.45, 2.75) is 25.9 Å². The first-order valence-corrected chi connectivity index (χ1v) is 14.1. The zero-order valence-corrected chi connectivity index (χ0v) is 23.1. The SMILES string of the molecule is CNC(=O)[C@H](Cc1ccccc1)N(Cc1ccc(C)cc1)C(=O)CN(c1cc(Cl)ccc1Cl)S(C)(=O)=O. The second-order valence-corrected chi connectivity index (χ2v) is 11.4. The number of likely N-dealkylation sites (N-methyl/N-ethyl adjacent to an activating group) is 1. The van der Waals surface area contributed by atoms with Gasteiger partial charge in [0.15, 0.2) is 0 Å². The maximum Gasteiger partial charge on any atom is 0.244 e. The maximum absolute atomic E-state index is 13.9. The van der Waals surface area contributed by atoms with Crippen LogP contribution in [0.4, 0.5) is 5.69 Å². The Kier molecular flexibility index (Phi) is 9.59. The molecule has 0 saturated heterocycles. The molecule has 0 spiro atoms. The van der Waals surface area contributed by atoms with Gasteiger partial charge < -0.3 is 10.2 Å². The number of sulfonamides is 1. The molecule has 0 bridgehead atoms. The van der Waals surface area contributed by atoms with Crippen molar-refractivity contribution in [2.75, 3.05) is 24.2 Å². The number of benzene rings is 3. The maximum atomic E-state index is 13.9. The summed E-state index contributed by atoms with van der Waals surface area (Å²) in [5, 5.41) is 3.04. The van der Waals surface area contributed by atoms with Gasteiger partial charge in [-0.15, -0.1) is 0 Å². The minimum Gasteiger partial charge on any atom is -0.357 e. The van der Waals surface area contributed by atoms with Crippen LogP contribution in [0.3, 0.4) is 0 Å². The third-order valence-corrected chi connectivity index (χ3v) is 7.53. The Morgan fingerprint density at radius 3 is 2.19 bits per heavy atom. The van der Waals surface area contributed by atoms with Crippen molar-refractivity contribution in [3.63, 3.8) is 0 Å². The van der Waals surface area contributed by atoms with Gasteiger partial charge >= 0.3 is 0 Å². The molecule has 1 N–H and O–H groups in total. The van der Waals surface area contributed by atoms with Gasteiger partial charge in [-0.3, -0.25) is 13.9 Å². The number of anilines is 1. The predicted octanol–water partition coefficient (Wildman–Crippen LogP) is 4.45. The average Bonchev–Trinajstić information content (AvgIpc) is 2.86. The van der Waals surface area contributed by atoms with Gasteiger partial charge in [0.2, 0.25) is 21.8 Å². The molecule has 0 aliphatic rings. The van der Waals surface area contributed by atoms with Gasteiger partial charge in [-0.2, -0.15) is 0 Å². The number of rotatable bonds is 10. The minimum atomic E-state index is -3.93. The molecule has 1 atom stereocenters. The van der Waals surface area contributed by atoms with Crippen molar-refractivity contribution < 1.29 is 18.0 Å². The standard InChI is InChI=1S/C27H29Cl2N3O4S/c1-19-9-11-21(12-10-19)17-31(25(27(34)30-2)15-20-7-5-4-6-8-20)26(33)18-32(37(3,35)36)24-16-22(28)13-14-23(24)29/h4-14,16,25H,15,17-18H2,1-3H3,(H,30,34)/t25-/m0/s1. The number of carbonyl (C=O) groups excluding carboxylic acids is 2. The van der Waals surface area contributed by atoms with Crippen molar-refractivity contribution in [1.29, 1.82) is 0 Å². The highest BCUT2D eigenvalue weighted by Gasteiger charge is 2.33. The molecule has 196 valence electrons. The van der Waals surface area contributed by atoms with E-state index in [0.717, 1.165) is 27.3 Å². The van der Waals surface area contributed by atoms with E-state index in [2.05, 4.69) is 5.32 Å². The molecule has 0 aliphatic carbocycles. The molecular formula is C27H29Cl2N3O4S. The number of aryl methyl sites for hydroxylation is 1. The highest BCUT2D eigenvalue weighted by molar-refractivity contribution is 7.92. The molecule has 3 rings (SSSR count).